The van der Waals surface area contributed by atoms with Crippen LogP contribution in [0.25, 0.3) is 0 Å². The van der Waals surface area contributed by atoms with Crippen molar-refractivity contribution in [3.05, 3.63) is 54.4 Å². The molecule has 10 nitrogen and oxygen atoms in total. The Morgan fingerprint density at radius 2 is 1.77 bits per heavy atom. The monoisotopic (exact) mass is 412 g/mol. The van der Waals surface area contributed by atoms with Gasteiger partial charge in [-0.1, -0.05) is 0 Å². The summed E-state index contributed by atoms with van der Waals surface area (Å²) in [5, 5.41) is 5.42. The van der Waals surface area contributed by atoms with Crippen LogP contribution in [0.5, 0.6) is 5.75 Å². The summed E-state index contributed by atoms with van der Waals surface area (Å²) in [7, 11) is 1.55. The molecule has 1 fully saturated rings. The minimum Gasteiger partial charge on any atom is -0.497 e. The smallest absolute Gasteiger partial charge is 0.323 e. The third-order valence-electron chi connectivity index (χ3n) is 4.64. The summed E-state index contributed by atoms with van der Waals surface area (Å²) in [6.07, 6.45) is 1.91. The molecule has 0 saturated carbocycles. The molecule has 4 amide bonds. The Bertz CT molecular complexity index is 890. The number of nitrogens with two attached hydrogens (primary N) is 1. The van der Waals surface area contributed by atoms with E-state index in [1.807, 2.05) is 0 Å². The van der Waals surface area contributed by atoms with Crippen LogP contribution in [0.4, 0.5) is 10.5 Å². The molecule has 2 aromatic rings. The second-order valence-corrected chi connectivity index (χ2v) is 6.54. The van der Waals surface area contributed by atoms with Crippen molar-refractivity contribution in [2.45, 2.75) is 6.17 Å². The van der Waals surface area contributed by atoms with Crippen LogP contribution in [0.3, 0.4) is 0 Å². The van der Waals surface area contributed by atoms with Gasteiger partial charge in [0.15, 0.2) is 6.17 Å². The summed E-state index contributed by atoms with van der Waals surface area (Å²) >= 11 is 0. The van der Waals surface area contributed by atoms with Crippen molar-refractivity contribution in [2.75, 3.05) is 38.6 Å². The average Bonchev–Trinajstić information content (AvgIpc) is 3.23. The summed E-state index contributed by atoms with van der Waals surface area (Å²) in [6, 6.07) is 9.45. The quantitative estimate of drug-likeness (QED) is 0.633. The summed E-state index contributed by atoms with van der Waals surface area (Å²) in [6.45, 7) is 0.910. The van der Waals surface area contributed by atoms with Crippen molar-refractivity contribution in [1.82, 2.24) is 20.1 Å². The van der Waals surface area contributed by atoms with Gasteiger partial charge in [-0.15, -0.1) is 0 Å². The van der Waals surface area contributed by atoms with Gasteiger partial charge in [0.1, 0.15) is 5.75 Å². The Kier molecular flexibility index (Phi) is 6.81. The van der Waals surface area contributed by atoms with Crippen molar-refractivity contribution in [1.29, 1.82) is 0 Å². The van der Waals surface area contributed by atoms with Crippen molar-refractivity contribution < 1.29 is 19.1 Å². The number of aromatic nitrogens is 1. The predicted molar refractivity (Wildman–Crippen MR) is 110 cm³/mol. The standard InChI is InChI=1S/C20H24N6O4/c1-30-16-4-2-15(3-5-16)24-20(29)26-13-12-25(18(26)17(27)23-11-8-21)19(28)14-6-9-22-10-7-14/h2-7,9-10,18H,8,11-13,21H2,1H3,(H,23,27)(H,24,29). The van der Waals surface area contributed by atoms with Crippen LogP contribution < -0.4 is 21.1 Å². The minimum atomic E-state index is -1.09. The molecule has 158 valence electrons. The molecule has 1 aliphatic heterocycles. The first kappa shape index (κ1) is 21.1. The molecule has 10 heteroatoms. The molecule has 0 spiro atoms. The minimum absolute atomic E-state index is 0.208. The van der Waals surface area contributed by atoms with E-state index in [9.17, 15) is 14.4 Å². The number of nitrogens with one attached hydrogen (secondary N) is 2. The topological polar surface area (TPSA) is 130 Å². The van der Waals surface area contributed by atoms with Crippen LogP contribution >= 0.6 is 0 Å². The summed E-state index contributed by atoms with van der Waals surface area (Å²) in [5.74, 6) is -0.169. The van der Waals surface area contributed by atoms with Gasteiger partial charge in [-0.2, -0.15) is 0 Å². The number of urea groups is 1. The van der Waals surface area contributed by atoms with E-state index in [1.54, 1.807) is 43.5 Å². The summed E-state index contributed by atoms with van der Waals surface area (Å²) < 4.78 is 5.11. The first-order chi connectivity index (χ1) is 14.5. The number of benzene rings is 1. The van der Waals surface area contributed by atoms with Crippen molar-refractivity contribution in [2.24, 2.45) is 5.73 Å². The number of carbonyl (C=O) groups is 3. The van der Waals surface area contributed by atoms with Crippen molar-refractivity contribution in [3.63, 3.8) is 0 Å². The van der Waals surface area contributed by atoms with E-state index in [0.29, 0.717) is 17.0 Å². The lowest BCUT2D eigenvalue weighted by atomic mass is 10.2. The Labute approximate surface area is 174 Å². The van der Waals surface area contributed by atoms with Gasteiger partial charge in [0.25, 0.3) is 11.8 Å². The van der Waals surface area contributed by atoms with Crippen LogP contribution in [0, 0.1) is 0 Å². The average molecular weight is 412 g/mol. The molecule has 1 saturated heterocycles. The van der Waals surface area contributed by atoms with Crippen LogP contribution in [-0.4, -0.2) is 72.1 Å². The normalized spacial score (nSPS) is 15.6. The van der Waals surface area contributed by atoms with E-state index in [2.05, 4.69) is 15.6 Å². The van der Waals surface area contributed by atoms with Crippen molar-refractivity contribution >= 4 is 23.5 Å². The maximum absolute atomic E-state index is 13.0. The fraction of sp³-hybridized carbons (Fsp3) is 0.300. The molecule has 1 atom stereocenters. The number of methoxy groups -OCH3 is 1. The fourth-order valence-corrected chi connectivity index (χ4v) is 3.15. The van der Waals surface area contributed by atoms with E-state index >= 15 is 0 Å². The van der Waals surface area contributed by atoms with Gasteiger partial charge in [0, 0.05) is 49.8 Å². The van der Waals surface area contributed by atoms with Crippen LogP contribution in [0.2, 0.25) is 0 Å². The third-order valence-corrected chi connectivity index (χ3v) is 4.64. The van der Waals surface area contributed by atoms with E-state index < -0.39 is 18.1 Å². The zero-order valence-electron chi connectivity index (χ0n) is 16.6. The highest BCUT2D eigenvalue weighted by atomic mass is 16.5. The molecule has 2 heterocycles. The number of anilines is 1. The van der Waals surface area contributed by atoms with Gasteiger partial charge >= 0.3 is 6.03 Å². The van der Waals surface area contributed by atoms with E-state index in [-0.39, 0.29) is 32.1 Å². The molecule has 1 aliphatic rings. The highest BCUT2D eigenvalue weighted by molar-refractivity contribution is 6.00. The zero-order valence-corrected chi connectivity index (χ0v) is 16.6. The predicted octanol–water partition coefficient (Wildman–Crippen LogP) is 0.481. The Hall–Kier alpha value is -3.66. The molecular weight excluding hydrogens is 388 g/mol. The number of ether oxygens (including phenoxy) is 1. The number of carbonyl (C=O) groups excluding carboxylic acids is 3. The van der Waals surface area contributed by atoms with Gasteiger partial charge in [0.2, 0.25) is 0 Å². The first-order valence-electron chi connectivity index (χ1n) is 9.45. The van der Waals surface area contributed by atoms with E-state index in [1.165, 1.54) is 22.2 Å². The maximum Gasteiger partial charge on any atom is 0.323 e. The lowest BCUT2D eigenvalue weighted by Crippen LogP contribution is -2.55. The number of hydrogen-bond acceptors (Lipinski definition) is 6. The maximum atomic E-state index is 13.0. The van der Waals surface area contributed by atoms with Crippen LogP contribution in [0.1, 0.15) is 10.4 Å². The lowest BCUT2D eigenvalue weighted by molar-refractivity contribution is -0.127. The largest absolute Gasteiger partial charge is 0.497 e. The molecule has 1 aromatic heterocycles. The van der Waals surface area contributed by atoms with Gasteiger partial charge in [0.05, 0.1) is 7.11 Å². The molecule has 0 bridgehead atoms. The van der Waals surface area contributed by atoms with Gasteiger partial charge in [-0.05, 0) is 36.4 Å². The number of amides is 4. The molecule has 30 heavy (non-hydrogen) atoms. The highest BCUT2D eigenvalue weighted by Crippen LogP contribution is 2.21. The number of rotatable bonds is 6. The molecule has 4 N–H and O–H groups in total. The fourth-order valence-electron chi connectivity index (χ4n) is 3.15. The number of hydrogen-bond donors (Lipinski definition) is 3. The molecule has 3 rings (SSSR count). The molecule has 0 radical (unpaired) electrons. The third kappa shape index (κ3) is 4.66. The SMILES string of the molecule is COc1ccc(NC(=O)N2CCN(C(=O)c3ccncc3)C2C(=O)NCCN)cc1. The van der Waals surface area contributed by atoms with Crippen molar-refractivity contribution in [3.8, 4) is 5.75 Å². The Morgan fingerprint density at radius 1 is 1.10 bits per heavy atom. The second-order valence-electron chi connectivity index (χ2n) is 6.54. The number of nitrogens with zero attached hydrogens (tertiary/aromatic N) is 3. The highest BCUT2D eigenvalue weighted by Gasteiger charge is 2.42. The number of pyridine rings is 1. The molecule has 1 aromatic carbocycles. The van der Waals surface area contributed by atoms with Gasteiger partial charge in [-0.3, -0.25) is 19.5 Å². The second kappa shape index (κ2) is 9.70. The molecule has 0 aliphatic carbocycles. The zero-order chi connectivity index (χ0) is 21.5. The molecular formula is C20H24N6O4. The van der Waals surface area contributed by atoms with Gasteiger partial charge < -0.3 is 26.0 Å². The summed E-state index contributed by atoms with van der Waals surface area (Å²) in [5.41, 5.74) is 6.41. The Balaban J connectivity index is 1.80. The van der Waals surface area contributed by atoms with Crippen LogP contribution in [-0.2, 0) is 4.79 Å². The van der Waals surface area contributed by atoms with Crippen LogP contribution in [0.15, 0.2) is 48.8 Å². The lowest BCUT2D eigenvalue weighted by Gasteiger charge is -2.29. The van der Waals surface area contributed by atoms with E-state index in [0.717, 1.165) is 0 Å². The van der Waals surface area contributed by atoms with E-state index in [4.69, 9.17) is 10.5 Å². The molecule has 1 unspecified atom stereocenters. The Morgan fingerprint density at radius 3 is 2.40 bits per heavy atom. The first-order valence-corrected chi connectivity index (χ1v) is 9.45. The van der Waals surface area contributed by atoms with Gasteiger partial charge in [-0.25, -0.2) is 4.79 Å². The summed E-state index contributed by atoms with van der Waals surface area (Å²) in [4.78, 5) is 45.2.